The Bertz CT molecular complexity index is 1140. The van der Waals surface area contributed by atoms with Crippen LogP contribution in [0.4, 0.5) is 11.5 Å². The molecule has 0 saturated carbocycles. The number of hydrogen-bond acceptors (Lipinski definition) is 7. The highest BCUT2D eigenvalue weighted by Gasteiger charge is 2.21. The first kappa shape index (κ1) is 24.5. The lowest BCUT2D eigenvalue weighted by Crippen LogP contribution is -2.45. The van der Waals surface area contributed by atoms with Crippen molar-refractivity contribution in [2.45, 2.75) is 18.9 Å². The van der Waals surface area contributed by atoms with Gasteiger partial charge in [-0.15, -0.1) is 6.58 Å². The van der Waals surface area contributed by atoms with E-state index in [-0.39, 0.29) is 6.10 Å². The van der Waals surface area contributed by atoms with Gasteiger partial charge in [0.15, 0.2) is 11.5 Å². The fourth-order valence-corrected chi connectivity index (χ4v) is 4.17. The van der Waals surface area contributed by atoms with Crippen LogP contribution >= 0.6 is 23.2 Å². The van der Waals surface area contributed by atoms with Crippen LogP contribution in [-0.4, -0.2) is 60.9 Å². The van der Waals surface area contributed by atoms with Crippen molar-refractivity contribution < 1.29 is 14.2 Å². The molecule has 2 aromatic carbocycles. The highest BCUT2D eigenvalue weighted by molar-refractivity contribution is 6.42. The summed E-state index contributed by atoms with van der Waals surface area (Å²) in [6.07, 6.45) is 5.59. The quantitative estimate of drug-likeness (QED) is 0.280. The van der Waals surface area contributed by atoms with Gasteiger partial charge < -0.3 is 19.5 Å². The van der Waals surface area contributed by atoms with Gasteiger partial charge in [-0.2, -0.15) is 0 Å². The summed E-state index contributed by atoms with van der Waals surface area (Å²) >= 11 is 12.2. The Balaban J connectivity index is 1.48. The molecule has 0 bridgehead atoms. The second-order valence-corrected chi connectivity index (χ2v) is 8.85. The van der Waals surface area contributed by atoms with Gasteiger partial charge in [-0.05, 0) is 43.7 Å². The van der Waals surface area contributed by atoms with Gasteiger partial charge in [-0.3, -0.25) is 4.90 Å². The molecule has 3 aromatic rings. The van der Waals surface area contributed by atoms with Gasteiger partial charge in [0.1, 0.15) is 24.9 Å². The van der Waals surface area contributed by atoms with Gasteiger partial charge >= 0.3 is 0 Å². The summed E-state index contributed by atoms with van der Waals surface area (Å²) in [5.41, 5.74) is 1.49. The first-order valence-corrected chi connectivity index (χ1v) is 12.0. The van der Waals surface area contributed by atoms with Crippen molar-refractivity contribution in [3.8, 4) is 11.5 Å². The zero-order valence-corrected chi connectivity index (χ0v) is 20.6. The van der Waals surface area contributed by atoms with Crippen molar-refractivity contribution in [1.29, 1.82) is 0 Å². The Labute approximate surface area is 209 Å². The molecule has 2 heterocycles. The molecule has 180 valence electrons. The van der Waals surface area contributed by atoms with Gasteiger partial charge in [0.25, 0.3) is 0 Å². The van der Waals surface area contributed by atoms with Crippen LogP contribution in [0, 0.1) is 0 Å². The van der Waals surface area contributed by atoms with E-state index in [4.69, 9.17) is 37.4 Å². The minimum Gasteiger partial charge on any atom is -0.493 e. The lowest BCUT2D eigenvalue weighted by molar-refractivity contribution is -0.0482. The molecule has 1 saturated heterocycles. The number of hydrogen-bond donors (Lipinski definition) is 1. The minimum absolute atomic E-state index is 0.00448. The predicted octanol–water partition coefficient (Wildman–Crippen LogP) is 5.73. The molecule has 1 aliphatic rings. The van der Waals surface area contributed by atoms with Crippen LogP contribution in [0.1, 0.15) is 12.8 Å². The van der Waals surface area contributed by atoms with Crippen molar-refractivity contribution >= 4 is 45.6 Å². The second-order valence-electron chi connectivity index (χ2n) is 8.03. The number of ether oxygens (including phenoxy) is 3. The fourth-order valence-electron chi connectivity index (χ4n) is 3.87. The zero-order valence-electron chi connectivity index (χ0n) is 19.1. The Hall–Kier alpha value is -2.58. The SMILES string of the molecule is C=CCCCN1CCOC(COc2cc3ncnc(Nc4ccc(Cl)c(Cl)c4)c3cc2OC)C1. The normalized spacial score (nSPS) is 16.4. The summed E-state index contributed by atoms with van der Waals surface area (Å²) in [5, 5.41) is 5.02. The van der Waals surface area contributed by atoms with Crippen LogP contribution < -0.4 is 14.8 Å². The molecular weight excluding hydrogens is 475 g/mol. The largest absolute Gasteiger partial charge is 0.493 e. The van der Waals surface area contributed by atoms with E-state index in [1.54, 1.807) is 19.2 Å². The second kappa shape index (κ2) is 11.7. The van der Waals surface area contributed by atoms with E-state index in [1.165, 1.54) is 6.33 Å². The molecule has 0 amide bonds. The topological polar surface area (TPSA) is 68.7 Å². The predicted molar refractivity (Wildman–Crippen MR) is 137 cm³/mol. The standard InChI is InChI=1S/C25H28Cl2N4O3/c1-3-4-5-8-31-9-10-33-18(14-31)15-34-24-13-22-19(12-23(24)32-2)25(29-16-28-22)30-17-6-7-20(26)21(27)11-17/h3,6-7,11-13,16,18H,1,4-5,8-10,14-15H2,2H3,(H,28,29,30). The van der Waals surface area contributed by atoms with Crippen molar-refractivity contribution in [2.24, 2.45) is 0 Å². The summed E-state index contributed by atoms with van der Waals surface area (Å²) in [6.45, 7) is 7.75. The number of fused-ring (bicyclic) bond motifs is 1. The summed E-state index contributed by atoms with van der Waals surface area (Å²) in [4.78, 5) is 11.2. The number of morpholine rings is 1. The molecular formula is C25H28Cl2N4O3. The van der Waals surface area contributed by atoms with E-state index in [0.717, 1.165) is 49.1 Å². The molecule has 1 aliphatic heterocycles. The average Bonchev–Trinajstić information content (AvgIpc) is 2.85. The van der Waals surface area contributed by atoms with Crippen LogP contribution in [0.15, 0.2) is 49.3 Å². The van der Waals surface area contributed by atoms with Crippen LogP contribution in [0.5, 0.6) is 11.5 Å². The van der Waals surface area contributed by atoms with E-state index in [2.05, 4.69) is 26.8 Å². The van der Waals surface area contributed by atoms with Crippen LogP contribution in [0.2, 0.25) is 10.0 Å². The maximum absolute atomic E-state index is 6.15. The average molecular weight is 503 g/mol. The number of unbranched alkanes of at least 4 members (excludes halogenated alkanes) is 1. The minimum atomic E-state index is -0.00448. The number of anilines is 2. The number of aromatic nitrogens is 2. The lowest BCUT2D eigenvalue weighted by Gasteiger charge is -2.32. The summed E-state index contributed by atoms with van der Waals surface area (Å²) in [6, 6.07) is 9.05. The van der Waals surface area contributed by atoms with Crippen molar-refractivity contribution in [3.05, 3.63) is 59.4 Å². The molecule has 4 rings (SSSR count). The number of halogens is 2. The van der Waals surface area contributed by atoms with E-state index < -0.39 is 0 Å². The summed E-state index contributed by atoms with van der Waals surface area (Å²) in [5.74, 6) is 1.83. The van der Waals surface area contributed by atoms with E-state index in [1.807, 2.05) is 24.3 Å². The van der Waals surface area contributed by atoms with Gasteiger partial charge in [0.2, 0.25) is 0 Å². The number of allylic oxidation sites excluding steroid dienone is 1. The van der Waals surface area contributed by atoms with Crippen molar-refractivity contribution in [1.82, 2.24) is 14.9 Å². The van der Waals surface area contributed by atoms with Gasteiger partial charge in [-0.1, -0.05) is 29.3 Å². The Kier molecular flexibility index (Phi) is 8.45. The maximum Gasteiger partial charge on any atom is 0.163 e. The van der Waals surface area contributed by atoms with Crippen LogP contribution in [0.25, 0.3) is 10.9 Å². The van der Waals surface area contributed by atoms with Gasteiger partial charge in [0.05, 0.1) is 29.3 Å². The Morgan fingerprint density at radius 1 is 1.21 bits per heavy atom. The number of benzene rings is 2. The molecule has 7 nitrogen and oxygen atoms in total. The molecule has 1 unspecified atom stereocenters. The number of rotatable bonds is 10. The fraction of sp³-hybridized carbons (Fsp3) is 0.360. The third-order valence-electron chi connectivity index (χ3n) is 5.63. The molecule has 0 radical (unpaired) electrons. The number of nitrogens with one attached hydrogen (secondary N) is 1. The maximum atomic E-state index is 6.15. The molecule has 1 N–H and O–H groups in total. The third-order valence-corrected chi connectivity index (χ3v) is 6.37. The molecule has 1 atom stereocenters. The van der Waals surface area contributed by atoms with Crippen molar-refractivity contribution in [3.63, 3.8) is 0 Å². The van der Waals surface area contributed by atoms with Crippen molar-refractivity contribution in [2.75, 3.05) is 45.3 Å². The molecule has 9 heteroatoms. The molecule has 1 fully saturated rings. The van der Waals surface area contributed by atoms with E-state index >= 15 is 0 Å². The smallest absolute Gasteiger partial charge is 0.163 e. The zero-order chi connectivity index (χ0) is 23.9. The van der Waals surface area contributed by atoms with Gasteiger partial charge in [0, 0.05) is 30.2 Å². The lowest BCUT2D eigenvalue weighted by atomic mass is 10.2. The van der Waals surface area contributed by atoms with Crippen LogP contribution in [0.3, 0.4) is 0 Å². The Morgan fingerprint density at radius 2 is 2.09 bits per heavy atom. The number of methoxy groups -OCH3 is 1. The first-order chi connectivity index (χ1) is 16.6. The summed E-state index contributed by atoms with van der Waals surface area (Å²) in [7, 11) is 1.61. The molecule has 34 heavy (non-hydrogen) atoms. The molecule has 1 aromatic heterocycles. The van der Waals surface area contributed by atoms with E-state index in [9.17, 15) is 0 Å². The molecule has 0 aliphatic carbocycles. The monoisotopic (exact) mass is 502 g/mol. The summed E-state index contributed by atoms with van der Waals surface area (Å²) < 4.78 is 17.7. The highest BCUT2D eigenvalue weighted by atomic mass is 35.5. The first-order valence-electron chi connectivity index (χ1n) is 11.2. The third kappa shape index (κ3) is 6.10. The van der Waals surface area contributed by atoms with Gasteiger partial charge in [-0.25, -0.2) is 9.97 Å². The Morgan fingerprint density at radius 3 is 2.88 bits per heavy atom. The van der Waals surface area contributed by atoms with E-state index in [0.29, 0.717) is 40.6 Å². The highest BCUT2D eigenvalue weighted by Crippen LogP contribution is 2.35. The molecule has 0 spiro atoms. The number of nitrogens with zero attached hydrogens (tertiary/aromatic N) is 3. The van der Waals surface area contributed by atoms with Crippen LogP contribution in [-0.2, 0) is 4.74 Å².